The maximum absolute atomic E-state index is 2.36. The van der Waals surface area contributed by atoms with Gasteiger partial charge in [-0.3, -0.25) is 0 Å². The predicted octanol–water partition coefficient (Wildman–Crippen LogP) is 5.41. The van der Waals surface area contributed by atoms with Crippen LogP contribution in [0.1, 0.15) is 44.1 Å². The molecule has 17 heavy (non-hydrogen) atoms. The van der Waals surface area contributed by atoms with E-state index in [1.165, 1.54) is 55.0 Å². The summed E-state index contributed by atoms with van der Waals surface area (Å²) in [6.07, 6.45) is 10.0. The first-order valence-corrected chi connectivity index (χ1v) is 7.76. The van der Waals surface area contributed by atoms with Crippen LogP contribution in [-0.2, 0) is 6.42 Å². The molecule has 0 unspecified atom stereocenters. The van der Waals surface area contributed by atoms with Crippen molar-refractivity contribution in [3.05, 3.63) is 35.2 Å². The average Bonchev–Trinajstić information content (AvgIpc) is 2.99. The van der Waals surface area contributed by atoms with Crippen LogP contribution < -0.4 is 0 Å². The second-order valence-corrected chi connectivity index (χ2v) is 6.21. The molecule has 90 valence electrons. The summed E-state index contributed by atoms with van der Waals surface area (Å²) < 4.78 is 1.45. The van der Waals surface area contributed by atoms with Crippen molar-refractivity contribution in [1.82, 2.24) is 0 Å². The van der Waals surface area contributed by atoms with Crippen molar-refractivity contribution < 1.29 is 0 Å². The Balaban J connectivity index is 1.60. The third-order valence-corrected chi connectivity index (χ3v) is 5.11. The Kier molecular flexibility index (Phi) is 3.46. The third-order valence-electron chi connectivity index (χ3n) is 4.09. The van der Waals surface area contributed by atoms with Gasteiger partial charge in [0.1, 0.15) is 0 Å². The fraction of sp³-hybridized carbons (Fsp3) is 0.500. The number of hydrogen-bond donors (Lipinski definition) is 0. The summed E-state index contributed by atoms with van der Waals surface area (Å²) in [4.78, 5) is 0. The van der Waals surface area contributed by atoms with Crippen molar-refractivity contribution in [3.63, 3.8) is 0 Å². The monoisotopic (exact) mass is 244 g/mol. The molecule has 3 rings (SSSR count). The van der Waals surface area contributed by atoms with Crippen molar-refractivity contribution >= 4 is 21.4 Å². The smallest absolute Gasteiger partial charge is 0.0345 e. The highest BCUT2D eigenvalue weighted by atomic mass is 32.1. The van der Waals surface area contributed by atoms with Crippen LogP contribution in [0.15, 0.2) is 29.6 Å². The van der Waals surface area contributed by atoms with Gasteiger partial charge < -0.3 is 0 Å². The Morgan fingerprint density at radius 2 is 1.94 bits per heavy atom. The molecule has 0 aliphatic heterocycles. The van der Waals surface area contributed by atoms with Crippen molar-refractivity contribution in [1.29, 1.82) is 0 Å². The highest BCUT2D eigenvalue weighted by molar-refractivity contribution is 7.17. The molecule has 1 saturated carbocycles. The van der Waals surface area contributed by atoms with E-state index in [-0.39, 0.29) is 0 Å². The molecule has 0 saturated heterocycles. The highest BCUT2D eigenvalue weighted by Crippen LogP contribution is 2.31. The minimum atomic E-state index is 1.04. The largest absolute Gasteiger partial charge is 0.144 e. The Bertz CT molecular complexity index is 477. The molecule has 0 amide bonds. The second kappa shape index (κ2) is 5.22. The number of fused-ring (bicyclic) bond motifs is 1. The van der Waals surface area contributed by atoms with E-state index in [2.05, 4.69) is 29.6 Å². The van der Waals surface area contributed by atoms with Crippen LogP contribution in [0.2, 0.25) is 0 Å². The Labute approximate surface area is 108 Å². The first-order valence-electron chi connectivity index (χ1n) is 6.88. The maximum Gasteiger partial charge on any atom is 0.0345 e. The topological polar surface area (TPSA) is 0 Å². The lowest BCUT2D eigenvalue weighted by molar-refractivity contribution is 0.484. The molecule has 0 radical (unpaired) electrons. The molecule has 1 aromatic heterocycles. The number of hydrogen-bond acceptors (Lipinski definition) is 1. The van der Waals surface area contributed by atoms with Gasteiger partial charge in [0.2, 0.25) is 0 Å². The molecular weight excluding hydrogens is 224 g/mol. The average molecular weight is 244 g/mol. The zero-order valence-corrected chi connectivity index (χ0v) is 11.1. The van der Waals surface area contributed by atoms with Crippen LogP contribution in [0.4, 0.5) is 0 Å². The zero-order valence-electron chi connectivity index (χ0n) is 10.3. The van der Waals surface area contributed by atoms with Crippen molar-refractivity contribution in [2.24, 2.45) is 5.92 Å². The first kappa shape index (κ1) is 11.3. The lowest BCUT2D eigenvalue weighted by Gasteiger charge is -2.07. The van der Waals surface area contributed by atoms with Crippen LogP contribution in [0.25, 0.3) is 10.1 Å². The molecule has 0 N–H and O–H groups in total. The molecule has 0 bridgehead atoms. The van der Waals surface area contributed by atoms with Gasteiger partial charge in [-0.15, -0.1) is 11.3 Å². The lowest BCUT2D eigenvalue weighted by Crippen LogP contribution is -1.94. The molecule has 2 aromatic rings. The summed E-state index contributed by atoms with van der Waals surface area (Å²) in [6, 6.07) is 8.81. The fourth-order valence-corrected chi connectivity index (χ4v) is 4.10. The molecule has 0 spiro atoms. The highest BCUT2D eigenvalue weighted by Gasteiger charge is 2.14. The molecule has 1 heterocycles. The maximum atomic E-state index is 2.36. The van der Waals surface area contributed by atoms with Crippen LogP contribution in [0.3, 0.4) is 0 Å². The number of rotatable bonds is 4. The van der Waals surface area contributed by atoms with Gasteiger partial charge in [-0.2, -0.15) is 0 Å². The lowest BCUT2D eigenvalue weighted by atomic mass is 9.98. The summed E-state index contributed by atoms with van der Waals surface area (Å²) in [5, 5.41) is 3.85. The van der Waals surface area contributed by atoms with Crippen molar-refractivity contribution in [2.75, 3.05) is 0 Å². The standard InChI is InChI=1S/C16H20S/c1-2-7-13(6-1)8-5-9-14-12-17-16-11-4-3-10-15(14)16/h3-4,10-13H,1-2,5-9H2. The molecule has 1 heteroatoms. The van der Waals surface area contributed by atoms with E-state index in [4.69, 9.17) is 0 Å². The number of thiophene rings is 1. The number of aryl methyl sites for hydroxylation is 1. The van der Waals surface area contributed by atoms with Gasteiger partial charge >= 0.3 is 0 Å². The van der Waals surface area contributed by atoms with Crippen LogP contribution in [0, 0.1) is 5.92 Å². The van der Waals surface area contributed by atoms with Crippen molar-refractivity contribution in [3.8, 4) is 0 Å². The Hall–Kier alpha value is -0.820. The molecular formula is C16H20S. The SMILES string of the molecule is c1ccc2c(CCCC3CCCC3)csc2c1. The van der Waals surface area contributed by atoms with E-state index in [0.717, 1.165) is 5.92 Å². The van der Waals surface area contributed by atoms with Gasteiger partial charge in [0, 0.05) is 4.70 Å². The predicted molar refractivity (Wildman–Crippen MR) is 76.7 cm³/mol. The molecule has 1 fully saturated rings. The van der Waals surface area contributed by atoms with E-state index in [1.54, 1.807) is 5.56 Å². The fourth-order valence-electron chi connectivity index (χ4n) is 3.11. The van der Waals surface area contributed by atoms with Crippen molar-refractivity contribution in [2.45, 2.75) is 44.9 Å². The van der Waals surface area contributed by atoms with E-state index in [9.17, 15) is 0 Å². The van der Waals surface area contributed by atoms with Crippen LogP contribution in [-0.4, -0.2) is 0 Å². The quantitative estimate of drug-likeness (QED) is 0.674. The minimum Gasteiger partial charge on any atom is -0.144 e. The second-order valence-electron chi connectivity index (χ2n) is 5.30. The summed E-state index contributed by atoms with van der Waals surface area (Å²) in [6.45, 7) is 0. The number of benzene rings is 1. The summed E-state index contributed by atoms with van der Waals surface area (Å²) in [5.74, 6) is 1.04. The van der Waals surface area contributed by atoms with Crippen LogP contribution in [0.5, 0.6) is 0 Å². The molecule has 0 atom stereocenters. The zero-order chi connectivity index (χ0) is 11.5. The van der Waals surface area contributed by atoms with Gasteiger partial charge in [0.05, 0.1) is 0 Å². The normalized spacial score (nSPS) is 16.9. The van der Waals surface area contributed by atoms with Gasteiger partial charge in [0.25, 0.3) is 0 Å². The Morgan fingerprint density at radius 1 is 1.12 bits per heavy atom. The minimum absolute atomic E-state index is 1.04. The van der Waals surface area contributed by atoms with Gasteiger partial charge in [-0.05, 0) is 41.2 Å². The molecule has 1 aromatic carbocycles. The summed E-state index contributed by atoms with van der Waals surface area (Å²) in [5.41, 5.74) is 1.57. The van der Waals surface area contributed by atoms with E-state index >= 15 is 0 Å². The van der Waals surface area contributed by atoms with E-state index in [0.29, 0.717) is 0 Å². The van der Waals surface area contributed by atoms with Gasteiger partial charge in [0.15, 0.2) is 0 Å². The van der Waals surface area contributed by atoms with E-state index < -0.39 is 0 Å². The summed E-state index contributed by atoms with van der Waals surface area (Å²) in [7, 11) is 0. The molecule has 1 aliphatic rings. The van der Waals surface area contributed by atoms with Gasteiger partial charge in [-0.25, -0.2) is 0 Å². The van der Waals surface area contributed by atoms with Gasteiger partial charge in [-0.1, -0.05) is 50.3 Å². The van der Waals surface area contributed by atoms with E-state index in [1.807, 2.05) is 11.3 Å². The summed E-state index contributed by atoms with van der Waals surface area (Å²) >= 11 is 1.90. The molecule has 1 aliphatic carbocycles. The Morgan fingerprint density at radius 3 is 2.82 bits per heavy atom. The molecule has 0 nitrogen and oxygen atoms in total. The third kappa shape index (κ3) is 2.55. The first-order chi connectivity index (χ1) is 8.43. The van der Waals surface area contributed by atoms with Crippen LogP contribution >= 0.6 is 11.3 Å².